The lowest BCUT2D eigenvalue weighted by Gasteiger charge is -2.06. The average Bonchev–Trinajstić information content (AvgIpc) is 3.15. The molecule has 1 aliphatic heterocycles. The van der Waals surface area contributed by atoms with E-state index in [1.165, 1.54) is 0 Å². The largest absolute Gasteiger partial charge is 0.504 e. The summed E-state index contributed by atoms with van der Waals surface area (Å²) in [4.78, 5) is 12.9. The van der Waals surface area contributed by atoms with E-state index in [2.05, 4.69) is 20.3 Å². The molecule has 3 aromatic heterocycles. The van der Waals surface area contributed by atoms with Gasteiger partial charge in [-0.25, -0.2) is 9.98 Å². The van der Waals surface area contributed by atoms with Crippen molar-refractivity contribution in [1.82, 2.24) is 9.97 Å². The van der Waals surface area contributed by atoms with Crippen molar-refractivity contribution in [2.24, 2.45) is 4.99 Å². The summed E-state index contributed by atoms with van der Waals surface area (Å²) in [6.07, 6.45) is 5.15. The van der Waals surface area contributed by atoms with E-state index in [1.807, 2.05) is 38.1 Å². The first-order chi connectivity index (χ1) is 12.1. The molecule has 0 fully saturated rings. The summed E-state index contributed by atoms with van der Waals surface area (Å²) >= 11 is 0. The number of allylic oxidation sites excluding steroid dienone is 1. The molecule has 0 atom stereocenters. The predicted molar refractivity (Wildman–Crippen MR) is 97.6 cm³/mol. The normalized spacial score (nSPS) is 14.1. The quantitative estimate of drug-likeness (QED) is 0.743. The summed E-state index contributed by atoms with van der Waals surface area (Å²) < 4.78 is 5.73. The number of fused-ring (bicyclic) bond motifs is 1. The van der Waals surface area contributed by atoms with E-state index in [-0.39, 0.29) is 5.75 Å². The smallest absolute Gasteiger partial charge is 0.201 e. The van der Waals surface area contributed by atoms with E-state index in [0.29, 0.717) is 17.5 Å². The molecule has 25 heavy (non-hydrogen) atoms. The summed E-state index contributed by atoms with van der Waals surface area (Å²) in [5, 5.41) is 13.3. The standard InChI is InChI=1S/C19H16N4O2/c1-11-5-6-15(12(2)22-11)23-18-9-16(24)17(25-18)8-13-10-21-19-14(13)4-3-7-20-19/h3-10,23-24H,1-2H3. The maximum absolute atomic E-state index is 10.2. The number of hydrogen-bond donors (Lipinski definition) is 2. The van der Waals surface area contributed by atoms with Gasteiger partial charge < -0.3 is 14.8 Å². The van der Waals surface area contributed by atoms with Crippen molar-refractivity contribution in [3.05, 3.63) is 59.2 Å². The van der Waals surface area contributed by atoms with Crippen LogP contribution in [0.4, 0.5) is 17.4 Å². The molecule has 3 aromatic rings. The lowest BCUT2D eigenvalue weighted by atomic mass is 10.1. The highest BCUT2D eigenvalue weighted by Gasteiger charge is 2.16. The number of anilines is 2. The Balaban J connectivity index is 1.63. The van der Waals surface area contributed by atoms with E-state index in [9.17, 15) is 5.11 Å². The minimum absolute atomic E-state index is 0.0541. The van der Waals surface area contributed by atoms with E-state index in [0.717, 1.165) is 28.2 Å². The molecule has 6 nitrogen and oxygen atoms in total. The van der Waals surface area contributed by atoms with Crippen LogP contribution in [0.2, 0.25) is 0 Å². The fourth-order valence-corrected chi connectivity index (χ4v) is 2.69. The number of furan rings is 1. The first-order valence-electron chi connectivity index (χ1n) is 7.85. The third kappa shape index (κ3) is 2.89. The summed E-state index contributed by atoms with van der Waals surface area (Å²) in [5.41, 5.74) is 4.39. The van der Waals surface area contributed by atoms with E-state index in [1.54, 1.807) is 24.6 Å². The zero-order valence-corrected chi connectivity index (χ0v) is 13.8. The Labute approximate surface area is 144 Å². The Kier molecular flexibility index (Phi) is 3.57. The van der Waals surface area contributed by atoms with Gasteiger partial charge in [-0.05, 0) is 44.2 Å². The number of nitrogens with zero attached hydrogens (tertiary/aromatic N) is 3. The van der Waals surface area contributed by atoms with Gasteiger partial charge in [0.05, 0.1) is 11.4 Å². The van der Waals surface area contributed by atoms with Crippen molar-refractivity contribution in [2.45, 2.75) is 13.8 Å². The number of nitrogens with one attached hydrogen (secondary N) is 1. The highest BCUT2D eigenvalue weighted by Crippen LogP contribution is 2.35. The van der Waals surface area contributed by atoms with Crippen molar-refractivity contribution >= 4 is 35.3 Å². The average molecular weight is 332 g/mol. The highest BCUT2D eigenvalue weighted by atomic mass is 16.4. The maximum atomic E-state index is 10.2. The molecular weight excluding hydrogens is 316 g/mol. The second-order valence-electron chi connectivity index (χ2n) is 5.80. The fraction of sp³-hybridized carbons (Fsp3) is 0.105. The number of aromatic nitrogens is 2. The number of aromatic hydroxyl groups is 1. The van der Waals surface area contributed by atoms with Crippen molar-refractivity contribution in [2.75, 3.05) is 5.32 Å². The third-order valence-corrected chi connectivity index (χ3v) is 3.93. The Morgan fingerprint density at radius 2 is 2.08 bits per heavy atom. The second-order valence-corrected chi connectivity index (χ2v) is 5.80. The van der Waals surface area contributed by atoms with Crippen LogP contribution < -0.4 is 5.32 Å². The Bertz CT molecular complexity index is 1020. The van der Waals surface area contributed by atoms with Gasteiger partial charge in [0.2, 0.25) is 5.88 Å². The van der Waals surface area contributed by atoms with Gasteiger partial charge in [-0.2, -0.15) is 0 Å². The van der Waals surface area contributed by atoms with Crippen molar-refractivity contribution in [3.8, 4) is 5.75 Å². The molecule has 2 N–H and O–H groups in total. The Hall–Kier alpha value is -3.41. The molecule has 0 unspecified atom stereocenters. The maximum Gasteiger partial charge on any atom is 0.201 e. The number of aryl methyl sites for hydroxylation is 2. The van der Waals surface area contributed by atoms with E-state index in [4.69, 9.17) is 4.42 Å². The van der Waals surface area contributed by atoms with Crippen molar-refractivity contribution in [1.29, 1.82) is 0 Å². The molecule has 0 amide bonds. The molecule has 4 rings (SSSR count). The number of hydrogen-bond acceptors (Lipinski definition) is 6. The van der Waals surface area contributed by atoms with Crippen LogP contribution in [0.5, 0.6) is 5.75 Å². The second kappa shape index (κ2) is 5.90. The van der Waals surface area contributed by atoms with Gasteiger partial charge in [-0.15, -0.1) is 0 Å². The SMILES string of the molecule is Cc1ccc(Nc2cc(O)c(C=C3C=Nc4ncccc43)o2)c(C)n1. The minimum Gasteiger partial charge on any atom is -0.504 e. The van der Waals surface area contributed by atoms with Crippen LogP contribution in [0.1, 0.15) is 22.7 Å². The summed E-state index contributed by atoms with van der Waals surface area (Å²) in [6.45, 7) is 3.86. The zero-order valence-electron chi connectivity index (χ0n) is 13.8. The lowest BCUT2D eigenvalue weighted by Crippen LogP contribution is -1.95. The van der Waals surface area contributed by atoms with Gasteiger partial charge >= 0.3 is 0 Å². The first-order valence-corrected chi connectivity index (χ1v) is 7.85. The van der Waals surface area contributed by atoms with Gasteiger partial charge in [0.25, 0.3) is 0 Å². The molecule has 4 heterocycles. The lowest BCUT2D eigenvalue weighted by molar-refractivity contribution is 0.456. The van der Waals surface area contributed by atoms with Gasteiger partial charge in [0.1, 0.15) is 0 Å². The fourth-order valence-electron chi connectivity index (χ4n) is 2.69. The molecule has 0 bridgehead atoms. The van der Waals surface area contributed by atoms with E-state index >= 15 is 0 Å². The van der Waals surface area contributed by atoms with Gasteiger partial charge in [-0.1, -0.05) is 0 Å². The Morgan fingerprint density at radius 1 is 1.20 bits per heavy atom. The number of rotatable bonds is 3. The van der Waals surface area contributed by atoms with Crippen LogP contribution in [-0.4, -0.2) is 21.3 Å². The molecule has 0 radical (unpaired) electrons. The van der Waals surface area contributed by atoms with Crippen LogP contribution in [-0.2, 0) is 0 Å². The monoisotopic (exact) mass is 332 g/mol. The molecular formula is C19H16N4O2. The molecule has 0 saturated heterocycles. The van der Waals surface area contributed by atoms with Crippen LogP contribution in [0, 0.1) is 13.8 Å². The third-order valence-electron chi connectivity index (χ3n) is 3.93. The van der Waals surface area contributed by atoms with Crippen LogP contribution in [0.3, 0.4) is 0 Å². The van der Waals surface area contributed by atoms with Gasteiger partial charge in [-0.3, -0.25) is 4.98 Å². The van der Waals surface area contributed by atoms with Crippen molar-refractivity contribution < 1.29 is 9.52 Å². The Morgan fingerprint density at radius 3 is 2.92 bits per heavy atom. The molecule has 0 saturated carbocycles. The first kappa shape index (κ1) is 15.1. The topological polar surface area (TPSA) is 83.5 Å². The van der Waals surface area contributed by atoms with Crippen LogP contribution >= 0.6 is 0 Å². The highest BCUT2D eigenvalue weighted by molar-refractivity contribution is 6.20. The molecule has 6 heteroatoms. The number of pyridine rings is 2. The van der Waals surface area contributed by atoms with Gasteiger partial charge in [0.15, 0.2) is 17.3 Å². The molecule has 0 spiro atoms. The molecule has 124 valence electrons. The van der Waals surface area contributed by atoms with E-state index < -0.39 is 0 Å². The predicted octanol–water partition coefficient (Wildman–Crippen LogP) is 4.39. The van der Waals surface area contributed by atoms with Crippen molar-refractivity contribution in [3.63, 3.8) is 0 Å². The molecule has 1 aliphatic rings. The van der Waals surface area contributed by atoms with Crippen LogP contribution in [0.15, 0.2) is 45.9 Å². The zero-order chi connectivity index (χ0) is 17.4. The molecule has 0 aromatic carbocycles. The summed E-state index contributed by atoms with van der Waals surface area (Å²) in [7, 11) is 0. The minimum atomic E-state index is 0.0541. The summed E-state index contributed by atoms with van der Waals surface area (Å²) in [6, 6.07) is 9.17. The van der Waals surface area contributed by atoms with Gasteiger partial charge in [0, 0.05) is 35.3 Å². The summed E-state index contributed by atoms with van der Waals surface area (Å²) in [5.74, 6) is 1.52. The molecule has 0 aliphatic carbocycles. The number of aliphatic imine (C=N–C) groups is 1. The van der Waals surface area contributed by atoms with Crippen LogP contribution in [0.25, 0.3) is 11.6 Å².